The van der Waals surface area contributed by atoms with Crippen LogP contribution in [0.2, 0.25) is 5.32 Å². The molecule has 0 unspecified atom stereocenters. The van der Waals surface area contributed by atoms with Crippen LogP contribution in [0.3, 0.4) is 0 Å². The number of hydrogen-bond acceptors (Lipinski definition) is 1. The summed E-state index contributed by atoms with van der Waals surface area (Å²) in [5, 5.41) is 1.34. The first kappa shape index (κ1) is 13.6. The summed E-state index contributed by atoms with van der Waals surface area (Å²) in [7, 11) is 0. The molecule has 78 valence electrons. The predicted molar refractivity (Wildman–Crippen MR) is 66.6 cm³/mol. The average molecular weight is 265 g/mol. The molecule has 0 spiro atoms. The first-order valence-corrected chi connectivity index (χ1v) is 8.51. The fourth-order valence-electron chi connectivity index (χ4n) is 1.13. The zero-order valence-corrected chi connectivity index (χ0v) is 11.7. The van der Waals surface area contributed by atoms with Crippen LogP contribution in [-0.4, -0.2) is 21.2 Å². The summed E-state index contributed by atoms with van der Waals surface area (Å²) >= 11 is 2.70. The van der Waals surface area contributed by atoms with Gasteiger partial charge in [0.25, 0.3) is 0 Å². The molecule has 0 fully saturated rings. The van der Waals surface area contributed by atoms with Crippen LogP contribution in [0.5, 0.6) is 0 Å². The molecule has 0 aromatic rings. The van der Waals surface area contributed by atoms with Gasteiger partial charge >= 0.3 is 94.1 Å². The van der Waals surface area contributed by atoms with Crippen molar-refractivity contribution in [3.05, 3.63) is 9.88 Å². The van der Waals surface area contributed by atoms with Gasteiger partial charge in [0.05, 0.1) is 0 Å². The minimum absolute atomic E-state index is 0.754. The third-order valence-electron chi connectivity index (χ3n) is 1.86. The van der Waals surface area contributed by atoms with Crippen molar-refractivity contribution in [1.82, 2.24) is 0 Å². The van der Waals surface area contributed by atoms with Crippen molar-refractivity contribution in [2.45, 2.75) is 51.3 Å². The van der Waals surface area contributed by atoms with Crippen molar-refractivity contribution < 1.29 is 0 Å². The van der Waals surface area contributed by atoms with E-state index in [1.165, 1.54) is 37.4 Å². The number of allylic oxidation sites excluding steroid dienone is 1. The van der Waals surface area contributed by atoms with Gasteiger partial charge in [-0.3, -0.25) is 0 Å². The van der Waals surface area contributed by atoms with E-state index in [1.54, 1.807) is 3.80 Å². The van der Waals surface area contributed by atoms with Crippen LogP contribution < -0.4 is 0 Å². The van der Waals surface area contributed by atoms with Crippen LogP contribution in [-0.2, 0) is 0 Å². The third kappa shape index (κ3) is 8.93. The molecule has 0 N–H and O–H groups in total. The number of rotatable bonds is 8. The van der Waals surface area contributed by atoms with Crippen LogP contribution in [0.1, 0.15) is 46.0 Å². The Morgan fingerprint density at radius 1 is 1.23 bits per heavy atom. The van der Waals surface area contributed by atoms with Crippen LogP contribution in [0.4, 0.5) is 0 Å². The minimum atomic E-state index is 0.754. The molecule has 2 heteroatoms. The zero-order chi connectivity index (χ0) is 9.94. The molecular formula is C11H22SSe. The van der Waals surface area contributed by atoms with Gasteiger partial charge in [0.1, 0.15) is 0 Å². The molecular weight excluding hydrogens is 243 g/mol. The van der Waals surface area contributed by atoms with Gasteiger partial charge in [-0.05, 0) is 0 Å². The molecule has 0 amide bonds. The summed E-state index contributed by atoms with van der Waals surface area (Å²) in [6.07, 6.45) is 11.5. The fourth-order valence-corrected chi connectivity index (χ4v) is 3.98. The second-order valence-electron chi connectivity index (χ2n) is 3.01. The Labute approximate surface area is 94.1 Å². The topological polar surface area (TPSA) is 0 Å². The second kappa shape index (κ2) is 10.7. The zero-order valence-electron chi connectivity index (χ0n) is 9.14. The monoisotopic (exact) mass is 266 g/mol. The fraction of sp³-hybridized carbons (Fsp3) is 0.818. The van der Waals surface area contributed by atoms with E-state index in [2.05, 4.69) is 26.2 Å². The molecule has 0 heterocycles. The van der Waals surface area contributed by atoms with Gasteiger partial charge in [0.15, 0.2) is 0 Å². The molecule has 0 aromatic carbocycles. The summed E-state index contributed by atoms with van der Waals surface area (Å²) in [5.41, 5.74) is 0. The van der Waals surface area contributed by atoms with Crippen LogP contribution in [0.15, 0.2) is 9.88 Å². The van der Waals surface area contributed by atoms with Crippen molar-refractivity contribution in [3.8, 4) is 0 Å². The van der Waals surface area contributed by atoms with E-state index < -0.39 is 0 Å². The van der Waals surface area contributed by atoms with Crippen LogP contribution in [0.25, 0.3) is 0 Å². The van der Waals surface area contributed by atoms with Gasteiger partial charge in [0.2, 0.25) is 0 Å². The molecule has 0 aromatic heterocycles. The van der Waals surface area contributed by atoms with Crippen molar-refractivity contribution in [2.24, 2.45) is 0 Å². The molecule has 0 aliphatic heterocycles. The maximum absolute atomic E-state index is 2.46. The predicted octanol–water partition coefficient (Wildman–Crippen LogP) is 4.30. The third-order valence-corrected chi connectivity index (χ3v) is 5.64. The van der Waals surface area contributed by atoms with Crippen LogP contribution >= 0.6 is 11.8 Å². The van der Waals surface area contributed by atoms with Gasteiger partial charge in [0, 0.05) is 0 Å². The Hall–Kier alpha value is 0.609. The summed E-state index contributed by atoms with van der Waals surface area (Å²) in [6, 6.07) is 0. The van der Waals surface area contributed by atoms with E-state index in [1.807, 2.05) is 11.8 Å². The summed E-state index contributed by atoms with van der Waals surface area (Å²) < 4.78 is 1.64. The van der Waals surface area contributed by atoms with Crippen molar-refractivity contribution >= 4 is 26.7 Å². The molecule has 0 atom stereocenters. The first-order valence-electron chi connectivity index (χ1n) is 5.22. The first-order chi connectivity index (χ1) is 6.35. The van der Waals surface area contributed by atoms with E-state index in [0.29, 0.717) is 0 Å². The Morgan fingerprint density at radius 3 is 2.54 bits per heavy atom. The van der Waals surface area contributed by atoms with Gasteiger partial charge < -0.3 is 0 Å². The molecule has 0 bridgehead atoms. The molecule has 13 heavy (non-hydrogen) atoms. The number of thioether (sulfide) groups is 1. The van der Waals surface area contributed by atoms with Crippen molar-refractivity contribution in [3.63, 3.8) is 0 Å². The molecule has 0 aliphatic rings. The number of hydrogen-bond donors (Lipinski definition) is 0. The van der Waals surface area contributed by atoms with E-state index in [9.17, 15) is 0 Å². The summed E-state index contributed by atoms with van der Waals surface area (Å²) in [6.45, 7) is 4.55. The normalized spacial score (nSPS) is 12.1. The molecule has 0 radical (unpaired) electrons. The molecule has 0 saturated heterocycles. The maximum atomic E-state index is 2.46. The molecule has 0 nitrogen and oxygen atoms in total. The van der Waals surface area contributed by atoms with E-state index in [0.717, 1.165) is 15.0 Å². The SMILES string of the molecule is CCCCCC/C=C(/SC)[Se]CC. The van der Waals surface area contributed by atoms with Gasteiger partial charge in [-0.25, -0.2) is 0 Å². The van der Waals surface area contributed by atoms with Crippen molar-refractivity contribution in [2.75, 3.05) is 6.26 Å². The van der Waals surface area contributed by atoms with E-state index in [-0.39, 0.29) is 0 Å². The van der Waals surface area contributed by atoms with E-state index >= 15 is 0 Å². The molecule has 0 saturated carbocycles. The molecule has 0 rings (SSSR count). The Balaban J connectivity index is 3.42. The van der Waals surface area contributed by atoms with Gasteiger partial charge in [-0.2, -0.15) is 0 Å². The average Bonchev–Trinajstić information content (AvgIpc) is 2.16. The summed E-state index contributed by atoms with van der Waals surface area (Å²) in [5.74, 6) is 0. The molecule has 0 aliphatic carbocycles. The van der Waals surface area contributed by atoms with Crippen LogP contribution in [0, 0.1) is 0 Å². The van der Waals surface area contributed by atoms with Gasteiger partial charge in [-0.1, -0.05) is 0 Å². The Kier molecular flexibility index (Phi) is 11.2. The summed E-state index contributed by atoms with van der Waals surface area (Å²) in [4.78, 5) is 0. The van der Waals surface area contributed by atoms with Crippen molar-refractivity contribution in [1.29, 1.82) is 0 Å². The number of unbranched alkanes of at least 4 members (excludes halogenated alkanes) is 4. The van der Waals surface area contributed by atoms with Gasteiger partial charge in [-0.15, -0.1) is 0 Å². The van der Waals surface area contributed by atoms with E-state index in [4.69, 9.17) is 0 Å². The second-order valence-corrected chi connectivity index (χ2v) is 7.18. The quantitative estimate of drug-likeness (QED) is 0.465. The Bertz CT molecular complexity index is 132. The Morgan fingerprint density at radius 2 is 2.00 bits per heavy atom. The standard InChI is InChI=1S/C11H22SSe/c1-4-6-7-8-9-10-11(12-3)13-5-2/h10H,4-9H2,1-3H3/b11-10-.